The standard InChI is InChI=1S/C15H25NO4/c1-6-7-11-9-8-10(2)12(17)13(18)16(11,14(19)20)15(3,4)5/h6,10-12,17H,1,7-9H2,2-5H3/p+1/t10?,11?,12-,16?/m0/s1. The molecule has 4 atom stereocenters. The number of hydrogen-bond donors (Lipinski definition) is 2. The molecule has 0 aromatic heterocycles. The molecule has 20 heavy (non-hydrogen) atoms. The molecule has 0 spiro atoms. The highest BCUT2D eigenvalue weighted by Gasteiger charge is 2.62. The molecule has 1 rings (SSSR count). The molecule has 0 aromatic carbocycles. The van der Waals surface area contributed by atoms with E-state index in [2.05, 4.69) is 6.58 Å². The van der Waals surface area contributed by atoms with E-state index < -0.39 is 34.2 Å². The first kappa shape index (κ1) is 16.9. The zero-order chi connectivity index (χ0) is 15.7. The maximum absolute atomic E-state index is 12.8. The number of quaternary nitrogens is 1. The van der Waals surface area contributed by atoms with E-state index in [1.807, 2.05) is 0 Å². The van der Waals surface area contributed by atoms with Gasteiger partial charge in [0, 0.05) is 12.8 Å². The van der Waals surface area contributed by atoms with Crippen molar-refractivity contribution in [1.29, 1.82) is 0 Å². The average molecular weight is 284 g/mol. The summed E-state index contributed by atoms with van der Waals surface area (Å²) >= 11 is 0. The third-order valence-corrected chi connectivity index (χ3v) is 4.44. The first-order valence-electron chi connectivity index (χ1n) is 7.06. The number of amides is 2. The van der Waals surface area contributed by atoms with Crippen molar-refractivity contribution in [3.05, 3.63) is 12.7 Å². The van der Waals surface area contributed by atoms with Crippen molar-refractivity contribution in [2.45, 2.75) is 64.6 Å². The highest BCUT2D eigenvalue weighted by Crippen LogP contribution is 2.39. The Morgan fingerprint density at radius 1 is 1.45 bits per heavy atom. The van der Waals surface area contributed by atoms with Crippen molar-refractivity contribution in [2.24, 2.45) is 5.92 Å². The Bertz CT molecular complexity index is 413. The lowest BCUT2D eigenvalue weighted by atomic mass is 9.94. The second kappa shape index (κ2) is 5.66. The number of carbonyl (C=O) groups excluding carboxylic acids is 1. The van der Waals surface area contributed by atoms with Gasteiger partial charge in [-0.05, 0) is 33.1 Å². The normalized spacial score (nSPS) is 35.5. The van der Waals surface area contributed by atoms with Gasteiger partial charge in [-0.1, -0.05) is 13.0 Å². The third-order valence-electron chi connectivity index (χ3n) is 4.44. The first-order chi connectivity index (χ1) is 9.10. The van der Waals surface area contributed by atoms with Gasteiger partial charge in [-0.15, -0.1) is 6.58 Å². The lowest BCUT2D eigenvalue weighted by molar-refractivity contribution is -0.857. The van der Waals surface area contributed by atoms with E-state index in [1.165, 1.54) is 0 Å². The third kappa shape index (κ3) is 2.40. The van der Waals surface area contributed by atoms with Crippen LogP contribution in [0.2, 0.25) is 0 Å². The van der Waals surface area contributed by atoms with Crippen LogP contribution in [0.3, 0.4) is 0 Å². The van der Waals surface area contributed by atoms with Crippen LogP contribution in [0.25, 0.3) is 0 Å². The number of rotatable bonds is 2. The van der Waals surface area contributed by atoms with Crippen LogP contribution in [0.15, 0.2) is 12.7 Å². The highest BCUT2D eigenvalue weighted by molar-refractivity contribution is 5.84. The molecule has 0 aromatic rings. The Morgan fingerprint density at radius 3 is 2.40 bits per heavy atom. The van der Waals surface area contributed by atoms with Gasteiger partial charge in [0.1, 0.15) is 11.6 Å². The molecular formula is C15H26NO4+. The van der Waals surface area contributed by atoms with Crippen LogP contribution in [-0.4, -0.2) is 44.4 Å². The molecule has 2 N–H and O–H groups in total. The predicted octanol–water partition coefficient (Wildman–Crippen LogP) is 2.54. The van der Waals surface area contributed by atoms with Gasteiger partial charge in [-0.25, -0.2) is 4.79 Å². The summed E-state index contributed by atoms with van der Waals surface area (Å²) < 4.78 is -0.732. The number of imide groups is 1. The molecule has 2 amide bonds. The van der Waals surface area contributed by atoms with E-state index in [0.29, 0.717) is 19.3 Å². The molecule has 3 unspecified atom stereocenters. The van der Waals surface area contributed by atoms with Gasteiger partial charge >= 0.3 is 12.0 Å². The topological polar surface area (TPSA) is 74.6 Å². The number of nitrogens with zero attached hydrogens (tertiary/aromatic N) is 1. The summed E-state index contributed by atoms with van der Waals surface area (Å²) in [7, 11) is 0. The van der Waals surface area contributed by atoms with Gasteiger partial charge in [-0.3, -0.25) is 0 Å². The Morgan fingerprint density at radius 2 is 2.00 bits per heavy atom. The molecular weight excluding hydrogens is 258 g/mol. The second-order valence-electron chi connectivity index (χ2n) is 6.69. The lowest BCUT2D eigenvalue weighted by Gasteiger charge is -2.45. The van der Waals surface area contributed by atoms with Gasteiger partial charge in [0.2, 0.25) is 0 Å². The predicted molar refractivity (Wildman–Crippen MR) is 76.1 cm³/mol. The van der Waals surface area contributed by atoms with Gasteiger partial charge < -0.3 is 10.2 Å². The molecule has 0 radical (unpaired) electrons. The van der Waals surface area contributed by atoms with Crippen molar-refractivity contribution in [2.75, 3.05) is 0 Å². The number of aliphatic hydroxyl groups is 1. The smallest absolute Gasteiger partial charge is 0.435 e. The molecule has 1 fully saturated rings. The van der Waals surface area contributed by atoms with E-state index in [-0.39, 0.29) is 5.92 Å². The number of carboxylic acid groups (broad SMARTS) is 1. The van der Waals surface area contributed by atoms with Crippen molar-refractivity contribution < 1.29 is 24.3 Å². The summed E-state index contributed by atoms with van der Waals surface area (Å²) in [6, 6.07) is -0.392. The Hall–Kier alpha value is -1.20. The van der Waals surface area contributed by atoms with E-state index >= 15 is 0 Å². The number of carbonyl (C=O) groups is 2. The SMILES string of the molecule is C=CCC1CCC(C)[C@H](O)C(=O)[N+]1(C(=O)O)C(C)(C)C. The van der Waals surface area contributed by atoms with E-state index in [1.54, 1.807) is 33.8 Å². The van der Waals surface area contributed by atoms with Gasteiger partial charge in [0.25, 0.3) is 0 Å². The highest BCUT2D eigenvalue weighted by atomic mass is 16.4. The van der Waals surface area contributed by atoms with Crippen LogP contribution < -0.4 is 0 Å². The van der Waals surface area contributed by atoms with Crippen molar-refractivity contribution in [3.8, 4) is 0 Å². The molecule has 1 heterocycles. The van der Waals surface area contributed by atoms with Crippen molar-refractivity contribution in [3.63, 3.8) is 0 Å². The zero-order valence-corrected chi connectivity index (χ0v) is 12.8. The molecule has 5 nitrogen and oxygen atoms in total. The van der Waals surface area contributed by atoms with Crippen LogP contribution >= 0.6 is 0 Å². The minimum atomic E-state index is -1.24. The molecule has 114 valence electrons. The number of aliphatic hydroxyl groups excluding tert-OH is 1. The molecule has 0 saturated carbocycles. The van der Waals surface area contributed by atoms with Gasteiger partial charge in [-0.2, -0.15) is 9.28 Å². The fraction of sp³-hybridized carbons (Fsp3) is 0.733. The first-order valence-corrected chi connectivity index (χ1v) is 7.06. The van der Waals surface area contributed by atoms with Crippen LogP contribution in [0.1, 0.15) is 47.0 Å². The molecule has 5 heteroatoms. The largest absolute Gasteiger partial charge is 0.521 e. The fourth-order valence-corrected chi connectivity index (χ4v) is 3.32. The maximum atomic E-state index is 12.8. The van der Waals surface area contributed by atoms with E-state index in [9.17, 15) is 19.8 Å². The number of hydrogen-bond acceptors (Lipinski definition) is 3. The Kier molecular flexibility index (Phi) is 4.77. The number of likely N-dealkylation sites (tertiary alicyclic amines) is 1. The Balaban J connectivity index is 3.53. The summed E-state index contributed by atoms with van der Waals surface area (Å²) in [5.41, 5.74) is -0.832. The van der Waals surface area contributed by atoms with Crippen LogP contribution in [-0.2, 0) is 4.79 Å². The minimum absolute atomic E-state index is 0.225. The quantitative estimate of drug-likeness (QED) is 0.603. The van der Waals surface area contributed by atoms with Crippen molar-refractivity contribution in [1.82, 2.24) is 0 Å². The molecule has 0 aliphatic carbocycles. The minimum Gasteiger partial charge on any atom is -0.435 e. The van der Waals surface area contributed by atoms with Crippen LogP contribution in [0.4, 0.5) is 4.79 Å². The van der Waals surface area contributed by atoms with E-state index in [4.69, 9.17) is 0 Å². The Labute approximate surface area is 120 Å². The second-order valence-corrected chi connectivity index (χ2v) is 6.69. The summed E-state index contributed by atoms with van der Waals surface area (Å²) in [4.78, 5) is 24.8. The van der Waals surface area contributed by atoms with Gasteiger partial charge in [0.05, 0.1) is 0 Å². The maximum Gasteiger partial charge on any atom is 0.521 e. The van der Waals surface area contributed by atoms with Crippen LogP contribution in [0.5, 0.6) is 0 Å². The summed E-state index contributed by atoms with van der Waals surface area (Å²) in [6.07, 6.45) is 0.882. The van der Waals surface area contributed by atoms with Crippen molar-refractivity contribution >= 4 is 12.0 Å². The van der Waals surface area contributed by atoms with Gasteiger partial charge in [0.15, 0.2) is 6.10 Å². The molecule has 1 saturated heterocycles. The monoisotopic (exact) mass is 284 g/mol. The molecule has 1 aliphatic heterocycles. The summed E-state index contributed by atoms with van der Waals surface area (Å²) in [6.45, 7) is 10.7. The summed E-state index contributed by atoms with van der Waals surface area (Å²) in [5.74, 6) is -0.835. The van der Waals surface area contributed by atoms with E-state index in [0.717, 1.165) is 0 Å². The average Bonchev–Trinajstić information content (AvgIpc) is 2.40. The summed E-state index contributed by atoms with van der Waals surface area (Å²) in [5, 5.41) is 20.0. The molecule has 0 bridgehead atoms. The fourth-order valence-electron chi connectivity index (χ4n) is 3.32. The van der Waals surface area contributed by atoms with Crippen LogP contribution in [0, 0.1) is 5.92 Å². The lowest BCUT2D eigenvalue weighted by Crippen LogP contribution is -2.72. The zero-order valence-electron chi connectivity index (χ0n) is 12.8. The molecule has 1 aliphatic rings.